The lowest BCUT2D eigenvalue weighted by Gasteiger charge is -2.25. The Morgan fingerprint density at radius 3 is 2.79 bits per heavy atom. The Morgan fingerprint density at radius 1 is 1.47 bits per heavy atom. The van der Waals surface area contributed by atoms with Crippen molar-refractivity contribution in [3.63, 3.8) is 0 Å². The molecule has 19 heavy (non-hydrogen) atoms. The van der Waals surface area contributed by atoms with Crippen molar-refractivity contribution in [1.82, 2.24) is 20.4 Å². The average Bonchev–Trinajstić information content (AvgIpc) is 2.99. The number of H-pyrrole nitrogens is 1. The minimum Gasteiger partial charge on any atom is -0.337 e. The quantitative estimate of drug-likeness (QED) is 0.849. The summed E-state index contributed by atoms with van der Waals surface area (Å²) in [6, 6.07) is 0.447. The van der Waals surface area contributed by atoms with Crippen LogP contribution in [0.5, 0.6) is 0 Å². The first-order valence-corrected chi connectivity index (χ1v) is 7.17. The highest BCUT2D eigenvalue weighted by molar-refractivity contribution is 5.96. The molecule has 1 aliphatic rings. The summed E-state index contributed by atoms with van der Waals surface area (Å²) in [5.41, 5.74) is 2.40. The van der Waals surface area contributed by atoms with E-state index in [1.165, 1.54) is 6.42 Å². The lowest BCUT2D eigenvalue weighted by Crippen LogP contribution is -2.41. The van der Waals surface area contributed by atoms with Gasteiger partial charge in [0.15, 0.2) is 0 Å². The van der Waals surface area contributed by atoms with Gasteiger partial charge >= 0.3 is 0 Å². The molecule has 5 heteroatoms. The van der Waals surface area contributed by atoms with Crippen LogP contribution in [0.1, 0.15) is 47.9 Å². The molecule has 2 N–H and O–H groups in total. The number of hydrogen-bond acceptors (Lipinski definition) is 3. The molecule has 2 rings (SSSR count). The monoisotopic (exact) mass is 264 g/mol. The minimum absolute atomic E-state index is 0.110. The number of aryl methyl sites for hydroxylation is 2. The van der Waals surface area contributed by atoms with Gasteiger partial charge in [0.25, 0.3) is 5.91 Å². The summed E-state index contributed by atoms with van der Waals surface area (Å²) < 4.78 is 0. The first kappa shape index (κ1) is 14.1. The Balaban J connectivity index is 2.11. The number of nitrogens with zero attached hydrogens (tertiary/aromatic N) is 2. The normalized spacial score (nSPS) is 18.8. The van der Waals surface area contributed by atoms with Crippen LogP contribution in [0, 0.1) is 13.8 Å². The van der Waals surface area contributed by atoms with Crippen LogP contribution in [0.2, 0.25) is 0 Å². The molecule has 1 amide bonds. The van der Waals surface area contributed by atoms with Crippen molar-refractivity contribution in [1.29, 1.82) is 0 Å². The Kier molecular flexibility index (Phi) is 4.58. The summed E-state index contributed by atoms with van der Waals surface area (Å²) in [6.45, 7) is 8.58. The highest BCUT2D eigenvalue weighted by atomic mass is 16.2. The molecule has 0 bridgehead atoms. The zero-order valence-electron chi connectivity index (χ0n) is 12.1. The van der Waals surface area contributed by atoms with Crippen LogP contribution < -0.4 is 5.32 Å². The van der Waals surface area contributed by atoms with Crippen molar-refractivity contribution < 1.29 is 4.79 Å². The Bertz CT molecular complexity index is 415. The molecule has 1 aliphatic heterocycles. The number of carbonyl (C=O) groups excluding carboxylic acids is 1. The smallest absolute Gasteiger partial charge is 0.257 e. The number of hydrogen-bond donors (Lipinski definition) is 2. The number of amides is 1. The van der Waals surface area contributed by atoms with Crippen molar-refractivity contribution in [3.05, 3.63) is 17.0 Å². The molecule has 0 spiro atoms. The molecule has 5 nitrogen and oxygen atoms in total. The van der Waals surface area contributed by atoms with Gasteiger partial charge in [-0.1, -0.05) is 6.92 Å². The van der Waals surface area contributed by atoms with E-state index in [2.05, 4.69) is 22.4 Å². The van der Waals surface area contributed by atoms with E-state index >= 15 is 0 Å². The molecule has 0 saturated carbocycles. The molecule has 106 valence electrons. The van der Waals surface area contributed by atoms with E-state index in [4.69, 9.17) is 0 Å². The van der Waals surface area contributed by atoms with Crippen LogP contribution >= 0.6 is 0 Å². The van der Waals surface area contributed by atoms with Gasteiger partial charge in [-0.2, -0.15) is 5.10 Å². The van der Waals surface area contributed by atoms with Gasteiger partial charge in [0.1, 0.15) is 0 Å². The van der Waals surface area contributed by atoms with Gasteiger partial charge in [-0.15, -0.1) is 0 Å². The van der Waals surface area contributed by atoms with Crippen LogP contribution in [0.15, 0.2) is 0 Å². The third-order valence-corrected chi connectivity index (χ3v) is 3.73. The lowest BCUT2D eigenvalue weighted by molar-refractivity contribution is 0.0740. The topological polar surface area (TPSA) is 61.0 Å². The van der Waals surface area contributed by atoms with E-state index in [0.717, 1.165) is 49.4 Å². The van der Waals surface area contributed by atoms with Gasteiger partial charge in [0.2, 0.25) is 0 Å². The standard InChI is InChI=1S/C14H24N4O/c1-4-8-18(9-12-6-5-7-15-12)14(19)13-10(2)16-17-11(13)3/h12,15H,4-9H2,1-3H3,(H,16,17). The van der Waals surface area contributed by atoms with E-state index < -0.39 is 0 Å². The highest BCUT2D eigenvalue weighted by Gasteiger charge is 2.25. The van der Waals surface area contributed by atoms with E-state index in [9.17, 15) is 4.79 Å². The molecule has 0 aliphatic carbocycles. The summed E-state index contributed by atoms with van der Waals surface area (Å²) in [6.07, 6.45) is 3.36. The summed E-state index contributed by atoms with van der Waals surface area (Å²) in [5, 5.41) is 10.5. The first-order chi connectivity index (χ1) is 9.13. The molecule has 1 unspecified atom stereocenters. The van der Waals surface area contributed by atoms with E-state index in [1.54, 1.807) is 0 Å². The summed E-state index contributed by atoms with van der Waals surface area (Å²) >= 11 is 0. The zero-order chi connectivity index (χ0) is 13.8. The predicted molar refractivity (Wildman–Crippen MR) is 75.3 cm³/mol. The minimum atomic E-state index is 0.110. The number of aromatic nitrogens is 2. The number of carbonyl (C=O) groups is 1. The lowest BCUT2D eigenvalue weighted by atomic mass is 10.1. The van der Waals surface area contributed by atoms with Crippen LogP contribution in [-0.4, -0.2) is 46.7 Å². The molecule has 1 atom stereocenters. The van der Waals surface area contributed by atoms with Crippen molar-refractivity contribution in [3.8, 4) is 0 Å². The Hall–Kier alpha value is -1.36. The fourth-order valence-electron chi connectivity index (χ4n) is 2.75. The van der Waals surface area contributed by atoms with E-state index in [-0.39, 0.29) is 5.91 Å². The van der Waals surface area contributed by atoms with Crippen molar-refractivity contribution >= 4 is 5.91 Å². The second-order valence-electron chi connectivity index (χ2n) is 5.35. The summed E-state index contributed by atoms with van der Waals surface area (Å²) in [4.78, 5) is 14.6. The number of nitrogens with one attached hydrogen (secondary N) is 2. The van der Waals surface area contributed by atoms with E-state index in [0.29, 0.717) is 6.04 Å². The molecular formula is C14H24N4O. The molecule has 0 radical (unpaired) electrons. The fourth-order valence-corrected chi connectivity index (χ4v) is 2.75. The zero-order valence-corrected chi connectivity index (χ0v) is 12.1. The maximum Gasteiger partial charge on any atom is 0.257 e. The van der Waals surface area contributed by atoms with E-state index in [1.807, 2.05) is 18.7 Å². The second-order valence-corrected chi connectivity index (χ2v) is 5.35. The van der Waals surface area contributed by atoms with Crippen LogP contribution in [0.25, 0.3) is 0 Å². The Labute approximate surface area is 114 Å². The maximum atomic E-state index is 12.7. The second kappa shape index (κ2) is 6.19. The molecule has 1 aromatic heterocycles. The summed E-state index contributed by atoms with van der Waals surface area (Å²) in [7, 11) is 0. The molecular weight excluding hydrogens is 240 g/mol. The Morgan fingerprint density at radius 2 is 2.26 bits per heavy atom. The highest BCUT2D eigenvalue weighted by Crippen LogP contribution is 2.15. The third kappa shape index (κ3) is 3.15. The largest absolute Gasteiger partial charge is 0.337 e. The van der Waals surface area contributed by atoms with Gasteiger partial charge in [0, 0.05) is 24.8 Å². The number of aromatic amines is 1. The van der Waals surface area contributed by atoms with Gasteiger partial charge in [-0.3, -0.25) is 9.89 Å². The molecule has 0 aromatic carbocycles. The van der Waals surface area contributed by atoms with Crippen LogP contribution in [0.3, 0.4) is 0 Å². The first-order valence-electron chi connectivity index (χ1n) is 7.17. The fraction of sp³-hybridized carbons (Fsp3) is 0.714. The molecule has 1 aromatic rings. The third-order valence-electron chi connectivity index (χ3n) is 3.73. The maximum absolute atomic E-state index is 12.7. The van der Waals surface area contributed by atoms with Gasteiger partial charge < -0.3 is 10.2 Å². The molecule has 1 saturated heterocycles. The molecule has 1 fully saturated rings. The van der Waals surface area contributed by atoms with Crippen molar-refractivity contribution in [2.75, 3.05) is 19.6 Å². The van der Waals surface area contributed by atoms with Crippen LogP contribution in [-0.2, 0) is 0 Å². The number of rotatable bonds is 5. The summed E-state index contributed by atoms with van der Waals surface area (Å²) in [5.74, 6) is 0.110. The van der Waals surface area contributed by atoms with Crippen molar-refractivity contribution in [2.24, 2.45) is 0 Å². The van der Waals surface area contributed by atoms with Crippen LogP contribution in [0.4, 0.5) is 0 Å². The molecule has 2 heterocycles. The van der Waals surface area contributed by atoms with Gasteiger partial charge in [-0.25, -0.2) is 0 Å². The predicted octanol–water partition coefficient (Wildman–Crippen LogP) is 1.63. The SMILES string of the molecule is CCCN(CC1CCCN1)C(=O)c1c(C)n[nH]c1C. The van der Waals surface area contributed by atoms with Gasteiger partial charge in [-0.05, 0) is 39.7 Å². The van der Waals surface area contributed by atoms with Crippen molar-refractivity contribution in [2.45, 2.75) is 46.1 Å². The average molecular weight is 264 g/mol. The van der Waals surface area contributed by atoms with Gasteiger partial charge in [0.05, 0.1) is 11.3 Å².